The Morgan fingerprint density at radius 2 is 2.38 bits per heavy atom. The van der Waals surface area contributed by atoms with E-state index in [-0.39, 0.29) is 18.4 Å². The van der Waals surface area contributed by atoms with E-state index in [1.54, 1.807) is 0 Å². The number of hydrogen-bond acceptors (Lipinski definition) is 2. The number of rotatable bonds is 3. The average Bonchev–Trinajstić information content (AvgIpc) is 2.07. The van der Waals surface area contributed by atoms with Crippen LogP contribution in [-0.2, 0) is 4.79 Å². The number of carbonyl (C=O) groups excluding carboxylic acids is 1. The van der Waals surface area contributed by atoms with Crippen molar-refractivity contribution in [2.75, 3.05) is 19.6 Å². The molecule has 4 heteroatoms. The highest BCUT2D eigenvalue weighted by atomic mass is 19.1. The van der Waals surface area contributed by atoms with E-state index in [1.165, 1.54) is 0 Å². The maximum atomic E-state index is 13.2. The van der Waals surface area contributed by atoms with Crippen molar-refractivity contribution >= 4 is 5.91 Å². The Balaban J connectivity index is 2.40. The summed E-state index contributed by atoms with van der Waals surface area (Å²) < 4.78 is 13.2. The summed E-state index contributed by atoms with van der Waals surface area (Å²) in [6.07, 6.45) is 0.663. The molecule has 1 saturated heterocycles. The molecule has 0 aromatic heterocycles. The molecule has 1 aliphatic rings. The minimum atomic E-state index is -0.700. The summed E-state index contributed by atoms with van der Waals surface area (Å²) in [4.78, 5) is 12.6. The van der Waals surface area contributed by atoms with Crippen molar-refractivity contribution in [3.8, 4) is 0 Å². The molecule has 3 nitrogen and oxygen atoms in total. The molecule has 2 N–H and O–H groups in total. The number of primary amides is 1. The molecular weight excluding hydrogens is 171 g/mol. The van der Waals surface area contributed by atoms with Gasteiger partial charge in [-0.05, 0) is 12.8 Å². The predicted molar refractivity (Wildman–Crippen MR) is 48.9 cm³/mol. The fourth-order valence-corrected chi connectivity index (χ4v) is 1.83. The molecular formula is C9H17FN2O. The highest BCUT2D eigenvalue weighted by Crippen LogP contribution is 2.22. The van der Waals surface area contributed by atoms with Gasteiger partial charge in [0.25, 0.3) is 0 Å². The Morgan fingerprint density at radius 3 is 2.92 bits per heavy atom. The van der Waals surface area contributed by atoms with Crippen LogP contribution in [0, 0.1) is 5.92 Å². The van der Waals surface area contributed by atoms with E-state index >= 15 is 0 Å². The standard InChI is InChI=1S/C9H17FN2O/c1-2-7-5-12(6-9(11)13)4-3-8(7)10/h7-8H,2-6H2,1H3,(H2,11,13). The minimum absolute atomic E-state index is 0.0769. The summed E-state index contributed by atoms with van der Waals surface area (Å²) in [7, 11) is 0. The monoisotopic (exact) mass is 188 g/mol. The lowest BCUT2D eigenvalue weighted by atomic mass is 9.93. The van der Waals surface area contributed by atoms with Gasteiger partial charge in [-0.15, -0.1) is 0 Å². The lowest BCUT2D eigenvalue weighted by Crippen LogP contribution is -2.44. The third kappa shape index (κ3) is 2.95. The van der Waals surface area contributed by atoms with Crippen molar-refractivity contribution in [3.63, 3.8) is 0 Å². The number of amides is 1. The second kappa shape index (κ2) is 4.56. The molecule has 1 fully saturated rings. The zero-order valence-corrected chi connectivity index (χ0v) is 8.00. The van der Waals surface area contributed by atoms with Crippen LogP contribution in [0.3, 0.4) is 0 Å². The lowest BCUT2D eigenvalue weighted by Gasteiger charge is -2.33. The molecule has 0 aromatic rings. The molecule has 13 heavy (non-hydrogen) atoms. The number of nitrogens with two attached hydrogens (primary N) is 1. The Morgan fingerprint density at radius 1 is 1.69 bits per heavy atom. The van der Waals surface area contributed by atoms with Crippen LogP contribution in [0.25, 0.3) is 0 Å². The first-order valence-electron chi connectivity index (χ1n) is 4.78. The third-order valence-electron chi connectivity index (χ3n) is 2.63. The van der Waals surface area contributed by atoms with E-state index in [4.69, 9.17) is 5.73 Å². The van der Waals surface area contributed by atoms with Crippen molar-refractivity contribution in [2.24, 2.45) is 11.7 Å². The Kier molecular flexibility index (Phi) is 3.66. The van der Waals surface area contributed by atoms with Crippen LogP contribution in [0.4, 0.5) is 4.39 Å². The topological polar surface area (TPSA) is 46.3 Å². The van der Waals surface area contributed by atoms with Gasteiger partial charge in [0.1, 0.15) is 6.17 Å². The predicted octanol–water partition coefficient (Wildman–Crippen LogP) is 0.542. The lowest BCUT2D eigenvalue weighted by molar-refractivity contribution is -0.119. The van der Waals surface area contributed by atoms with E-state index < -0.39 is 6.17 Å². The molecule has 0 saturated carbocycles. The van der Waals surface area contributed by atoms with Crippen molar-refractivity contribution in [2.45, 2.75) is 25.9 Å². The highest BCUT2D eigenvalue weighted by molar-refractivity contribution is 5.75. The van der Waals surface area contributed by atoms with Gasteiger partial charge in [-0.3, -0.25) is 9.69 Å². The van der Waals surface area contributed by atoms with Crippen LogP contribution in [0.2, 0.25) is 0 Å². The maximum absolute atomic E-state index is 13.2. The fraction of sp³-hybridized carbons (Fsp3) is 0.889. The normalized spacial score (nSPS) is 30.3. The van der Waals surface area contributed by atoms with Crippen LogP contribution >= 0.6 is 0 Å². The highest BCUT2D eigenvalue weighted by Gasteiger charge is 2.27. The maximum Gasteiger partial charge on any atom is 0.231 e. The zero-order chi connectivity index (χ0) is 9.84. The molecule has 2 atom stereocenters. The first-order chi connectivity index (χ1) is 6.13. The van der Waals surface area contributed by atoms with Crippen LogP contribution in [0.15, 0.2) is 0 Å². The van der Waals surface area contributed by atoms with Gasteiger partial charge in [-0.1, -0.05) is 6.92 Å². The van der Waals surface area contributed by atoms with E-state index in [0.29, 0.717) is 19.5 Å². The molecule has 1 aliphatic heterocycles. The third-order valence-corrected chi connectivity index (χ3v) is 2.63. The molecule has 1 amide bonds. The number of piperidine rings is 1. The molecule has 76 valence electrons. The second-order valence-electron chi connectivity index (χ2n) is 3.67. The van der Waals surface area contributed by atoms with Crippen LogP contribution < -0.4 is 5.73 Å². The largest absolute Gasteiger partial charge is 0.369 e. The molecule has 0 spiro atoms. The number of halogens is 1. The molecule has 1 rings (SSSR count). The summed E-state index contributed by atoms with van der Waals surface area (Å²) in [5.74, 6) is -0.250. The van der Waals surface area contributed by atoms with Gasteiger partial charge in [0.15, 0.2) is 0 Å². The van der Waals surface area contributed by atoms with Crippen molar-refractivity contribution in [1.82, 2.24) is 4.90 Å². The summed E-state index contributed by atoms with van der Waals surface area (Å²) in [6.45, 7) is 3.56. The van der Waals surface area contributed by atoms with E-state index in [1.807, 2.05) is 11.8 Å². The second-order valence-corrected chi connectivity index (χ2v) is 3.67. The summed E-state index contributed by atoms with van der Waals surface area (Å²) in [5.41, 5.74) is 5.07. The number of nitrogens with zero attached hydrogens (tertiary/aromatic N) is 1. The van der Waals surface area contributed by atoms with Gasteiger partial charge >= 0.3 is 0 Å². The smallest absolute Gasteiger partial charge is 0.231 e. The van der Waals surface area contributed by atoms with Crippen molar-refractivity contribution in [3.05, 3.63) is 0 Å². The van der Waals surface area contributed by atoms with Crippen molar-refractivity contribution in [1.29, 1.82) is 0 Å². The number of hydrogen-bond donors (Lipinski definition) is 1. The molecule has 1 heterocycles. The van der Waals surface area contributed by atoms with Gasteiger partial charge in [0.05, 0.1) is 6.54 Å². The van der Waals surface area contributed by atoms with E-state index in [2.05, 4.69) is 0 Å². The number of alkyl halides is 1. The van der Waals surface area contributed by atoms with Crippen molar-refractivity contribution < 1.29 is 9.18 Å². The fourth-order valence-electron chi connectivity index (χ4n) is 1.83. The Labute approximate surface area is 78.1 Å². The van der Waals surface area contributed by atoms with E-state index in [0.717, 1.165) is 6.42 Å². The molecule has 2 unspecified atom stereocenters. The SMILES string of the molecule is CCC1CN(CC(N)=O)CCC1F. The molecule has 0 aliphatic carbocycles. The first kappa shape index (κ1) is 10.4. The van der Waals surface area contributed by atoms with Gasteiger partial charge in [-0.2, -0.15) is 0 Å². The summed E-state index contributed by atoms with van der Waals surface area (Å²) >= 11 is 0. The summed E-state index contributed by atoms with van der Waals surface area (Å²) in [6, 6.07) is 0. The van der Waals surface area contributed by atoms with Gasteiger partial charge in [-0.25, -0.2) is 4.39 Å². The Hall–Kier alpha value is -0.640. The molecule has 0 bridgehead atoms. The molecule has 0 aromatic carbocycles. The zero-order valence-electron chi connectivity index (χ0n) is 8.00. The van der Waals surface area contributed by atoms with Gasteiger partial charge in [0, 0.05) is 19.0 Å². The molecule has 0 radical (unpaired) electrons. The van der Waals surface area contributed by atoms with Gasteiger partial charge < -0.3 is 5.73 Å². The number of likely N-dealkylation sites (tertiary alicyclic amines) is 1. The van der Waals surface area contributed by atoms with Crippen LogP contribution in [-0.4, -0.2) is 36.6 Å². The first-order valence-corrected chi connectivity index (χ1v) is 4.78. The average molecular weight is 188 g/mol. The van der Waals surface area contributed by atoms with Crippen LogP contribution in [0.1, 0.15) is 19.8 Å². The van der Waals surface area contributed by atoms with E-state index in [9.17, 15) is 9.18 Å². The van der Waals surface area contributed by atoms with Crippen LogP contribution in [0.5, 0.6) is 0 Å². The summed E-state index contributed by atoms with van der Waals surface area (Å²) in [5, 5.41) is 0. The van der Waals surface area contributed by atoms with Gasteiger partial charge in [0.2, 0.25) is 5.91 Å². The number of carbonyl (C=O) groups is 1. The Bertz CT molecular complexity index is 186. The minimum Gasteiger partial charge on any atom is -0.369 e. The quantitative estimate of drug-likeness (QED) is 0.702.